The number of benzene rings is 2. The predicted molar refractivity (Wildman–Crippen MR) is 87.0 cm³/mol. The van der Waals surface area contributed by atoms with E-state index in [0.717, 1.165) is 16.3 Å². The van der Waals surface area contributed by atoms with Crippen LogP contribution in [0.2, 0.25) is 0 Å². The molecule has 6 heteroatoms. The summed E-state index contributed by atoms with van der Waals surface area (Å²) < 4.78 is 0. The summed E-state index contributed by atoms with van der Waals surface area (Å²) in [5, 5.41) is 23.0. The number of rotatable bonds is 7. The Morgan fingerprint density at radius 1 is 1.17 bits per heavy atom. The first-order valence-electron chi connectivity index (χ1n) is 7.28. The maximum Gasteiger partial charge on any atom is 0.338 e. The molecule has 23 heavy (non-hydrogen) atoms. The van der Waals surface area contributed by atoms with Crippen molar-refractivity contribution >= 4 is 22.7 Å². The van der Waals surface area contributed by atoms with E-state index in [-0.39, 0.29) is 6.54 Å². The average Bonchev–Trinajstić information content (AvgIpc) is 2.51. The van der Waals surface area contributed by atoms with Gasteiger partial charge in [-0.2, -0.15) is 0 Å². The van der Waals surface area contributed by atoms with Gasteiger partial charge in [-0.1, -0.05) is 42.5 Å². The molecule has 2 aromatic carbocycles. The molecule has 1 unspecified atom stereocenters. The van der Waals surface area contributed by atoms with Gasteiger partial charge in [-0.25, -0.2) is 4.79 Å². The van der Waals surface area contributed by atoms with Gasteiger partial charge >= 0.3 is 11.9 Å². The van der Waals surface area contributed by atoms with Crippen molar-refractivity contribution in [1.29, 1.82) is 0 Å². The Bertz CT molecular complexity index is 722. The second kappa shape index (κ2) is 6.76. The van der Waals surface area contributed by atoms with Gasteiger partial charge in [0.15, 0.2) is 5.66 Å². The molecular weight excluding hydrogens is 296 g/mol. The molecule has 2 atom stereocenters. The largest absolute Gasteiger partial charge is 0.481 e. The molecule has 0 spiro atoms. The van der Waals surface area contributed by atoms with Crippen LogP contribution in [0, 0.1) is 5.92 Å². The number of fused-ring (bicyclic) bond motifs is 1. The molecule has 2 rings (SSSR count). The monoisotopic (exact) mass is 316 g/mol. The topological polar surface area (TPSA) is 113 Å². The quantitative estimate of drug-likeness (QED) is 0.575. The third kappa shape index (κ3) is 4.06. The summed E-state index contributed by atoms with van der Waals surface area (Å²) >= 11 is 0. The lowest BCUT2D eigenvalue weighted by Gasteiger charge is -2.23. The first kappa shape index (κ1) is 16.9. The molecule has 0 amide bonds. The Balaban J connectivity index is 2.19. The van der Waals surface area contributed by atoms with E-state index in [1.807, 2.05) is 42.5 Å². The molecule has 0 aliphatic heterocycles. The normalized spacial score (nSPS) is 15.0. The zero-order valence-electron chi connectivity index (χ0n) is 12.8. The zero-order chi connectivity index (χ0) is 17.0. The van der Waals surface area contributed by atoms with Gasteiger partial charge in [0, 0.05) is 6.54 Å². The number of carboxylic acids is 2. The van der Waals surface area contributed by atoms with Crippen LogP contribution in [-0.2, 0) is 16.0 Å². The van der Waals surface area contributed by atoms with Crippen molar-refractivity contribution in [2.75, 3.05) is 6.54 Å². The fraction of sp³-hybridized carbons (Fsp3) is 0.294. The number of hydrogen-bond acceptors (Lipinski definition) is 4. The van der Waals surface area contributed by atoms with Gasteiger partial charge in [-0.3, -0.25) is 10.1 Å². The average molecular weight is 316 g/mol. The predicted octanol–water partition coefficient (Wildman–Crippen LogP) is 1.43. The van der Waals surface area contributed by atoms with Gasteiger partial charge in [0.2, 0.25) is 0 Å². The van der Waals surface area contributed by atoms with Crippen molar-refractivity contribution in [2.45, 2.75) is 19.0 Å². The van der Waals surface area contributed by atoms with Gasteiger partial charge in [-0.15, -0.1) is 0 Å². The molecule has 2 aromatic rings. The summed E-state index contributed by atoms with van der Waals surface area (Å²) in [6.45, 7) is 1.27. The smallest absolute Gasteiger partial charge is 0.338 e. The number of nitrogens with one attached hydrogen (secondary N) is 1. The molecule has 0 aliphatic rings. The molecular formula is C17H20N2O4. The van der Waals surface area contributed by atoms with Crippen LogP contribution in [0.4, 0.5) is 0 Å². The van der Waals surface area contributed by atoms with Crippen LogP contribution in [0.3, 0.4) is 0 Å². The molecule has 0 bridgehead atoms. The number of hydrogen-bond donors (Lipinski definition) is 4. The fourth-order valence-corrected chi connectivity index (χ4v) is 2.39. The van der Waals surface area contributed by atoms with Crippen LogP contribution >= 0.6 is 0 Å². The Morgan fingerprint density at radius 3 is 2.48 bits per heavy atom. The van der Waals surface area contributed by atoms with Gasteiger partial charge in [0.1, 0.15) is 0 Å². The summed E-state index contributed by atoms with van der Waals surface area (Å²) in [7, 11) is 0. The van der Waals surface area contributed by atoms with Crippen LogP contribution in [0.25, 0.3) is 10.8 Å². The van der Waals surface area contributed by atoms with E-state index in [1.54, 1.807) is 0 Å². The SMILES string of the molecule is C[C@](N)(NCC(Cc1cccc2ccccc12)C(=O)O)C(=O)O. The van der Waals surface area contributed by atoms with E-state index in [1.165, 1.54) is 6.92 Å². The first-order chi connectivity index (χ1) is 10.8. The fourth-order valence-electron chi connectivity index (χ4n) is 2.39. The second-order valence-corrected chi connectivity index (χ2v) is 5.77. The Morgan fingerprint density at radius 2 is 1.83 bits per heavy atom. The number of aliphatic carboxylic acids is 2. The molecule has 0 radical (unpaired) electrons. The minimum absolute atomic E-state index is 0.0299. The van der Waals surface area contributed by atoms with Crippen molar-refractivity contribution < 1.29 is 19.8 Å². The summed E-state index contributed by atoms with van der Waals surface area (Å²) in [5.41, 5.74) is 4.84. The number of carboxylic acid groups (broad SMARTS) is 2. The van der Waals surface area contributed by atoms with Gasteiger partial charge in [0.25, 0.3) is 0 Å². The van der Waals surface area contributed by atoms with E-state index in [2.05, 4.69) is 5.32 Å². The van der Waals surface area contributed by atoms with Gasteiger partial charge in [0.05, 0.1) is 5.92 Å². The summed E-state index contributed by atoms with van der Waals surface area (Å²) in [6, 6.07) is 13.5. The highest BCUT2D eigenvalue weighted by atomic mass is 16.4. The highest BCUT2D eigenvalue weighted by molar-refractivity contribution is 5.86. The van der Waals surface area contributed by atoms with E-state index >= 15 is 0 Å². The maximum atomic E-state index is 11.5. The van der Waals surface area contributed by atoms with Crippen molar-refractivity contribution in [3.05, 3.63) is 48.0 Å². The van der Waals surface area contributed by atoms with E-state index in [0.29, 0.717) is 6.42 Å². The summed E-state index contributed by atoms with van der Waals surface area (Å²) in [5.74, 6) is -3.00. The Hall–Kier alpha value is -2.44. The minimum Gasteiger partial charge on any atom is -0.481 e. The third-order valence-corrected chi connectivity index (χ3v) is 3.86. The zero-order valence-corrected chi connectivity index (χ0v) is 12.8. The van der Waals surface area contributed by atoms with Crippen LogP contribution in [-0.4, -0.2) is 34.4 Å². The molecule has 0 aliphatic carbocycles. The van der Waals surface area contributed by atoms with Crippen LogP contribution in [0.5, 0.6) is 0 Å². The van der Waals surface area contributed by atoms with Crippen LogP contribution < -0.4 is 11.1 Å². The van der Waals surface area contributed by atoms with Crippen LogP contribution in [0.1, 0.15) is 12.5 Å². The Labute approximate surface area is 133 Å². The standard InChI is InChI=1S/C17H20N2O4/c1-17(18,16(22)23)19-10-13(15(20)21)9-12-7-4-6-11-5-2-3-8-14(11)12/h2-8,13,19H,9-10,18H2,1H3,(H,20,21)(H,22,23)/t13?,17-/m0/s1. The highest BCUT2D eigenvalue weighted by Gasteiger charge is 2.29. The molecule has 0 heterocycles. The lowest BCUT2D eigenvalue weighted by molar-refractivity contribution is -0.146. The number of nitrogens with two attached hydrogens (primary N) is 1. The molecule has 0 saturated heterocycles. The van der Waals surface area contributed by atoms with Crippen molar-refractivity contribution in [3.63, 3.8) is 0 Å². The molecule has 6 nitrogen and oxygen atoms in total. The maximum absolute atomic E-state index is 11.5. The molecule has 5 N–H and O–H groups in total. The minimum atomic E-state index is -1.66. The lowest BCUT2D eigenvalue weighted by Crippen LogP contribution is -2.58. The van der Waals surface area contributed by atoms with Crippen molar-refractivity contribution in [3.8, 4) is 0 Å². The van der Waals surface area contributed by atoms with Crippen molar-refractivity contribution in [1.82, 2.24) is 5.32 Å². The van der Waals surface area contributed by atoms with E-state index in [9.17, 15) is 14.7 Å². The highest BCUT2D eigenvalue weighted by Crippen LogP contribution is 2.21. The van der Waals surface area contributed by atoms with Crippen molar-refractivity contribution in [2.24, 2.45) is 11.7 Å². The van der Waals surface area contributed by atoms with Gasteiger partial charge in [-0.05, 0) is 29.7 Å². The van der Waals surface area contributed by atoms with Gasteiger partial charge < -0.3 is 15.9 Å². The third-order valence-electron chi connectivity index (χ3n) is 3.86. The molecule has 0 saturated carbocycles. The van der Waals surface area contributed by atoms with E-state index < -0.39 is 23.5 Å². The second-order valence-electron chi connectivity index (χ2n) is 5.77. The summed E-state index contributed by atoms with van der Waals surface area (Å²) in [4.78, 5) is 22.5. The lowest BCUT2D eigenvalue weighted by atomic mass is 9.94. The first-order valence-corrected chi connectivity index (χ1v) is 7.28. The molecule has 0 aromatic heterocycles. The molecule has 122 valence electrons. The number of carbonyl (C=O) groups is 2. The Kier molecular flexibility index (Phi) is 4.98. The van der Waals surface area contributed by atoms with Crippen LogP contribution in [0.15, 0.2) is 42.5 Å². The molecule has 0 fully saturated rings. The van der Waals surface area contributed by atoms with E-state index in [4.69, 9.17) is 10.8 Å². The summed E-state index contributed by atoms with van der Waals surface area (Å²) in [6.07, 6.45) is 0.291.